The fraction of sp³-hybridized carbons (Fsp3) is 0.647. The molecule has 0 amide bonds. The van der Waals surface area contributed by atoms with E-state index >= 15 is 0 Å². The van der Waals surface area contributed by atoms with Crippen molar-refractivity contribution in [1.29, 1.82) is 0 Å². The van der Waals surface area contributed by atoms with Crippen molar-refractivity contribution in [3.8, 4) is 11.5 Å². The van der Waals surface area contributed by atoms with Gasteiger partial charge in [0.25, 0.3) is 0 Å². The highest BCUT2D eigenvalue weighted by Crippen LogP contribution is 2.35. The summed E-state index contributed by atoms with van der Waals surface area (Å²) in [4.78, 5) is 0. The van der Waals surface area contributed by atoms with Crippen LogP contribution in [-0.4, -0.2) is 27.3 Å². The number of ether oxygens (including phenoxy) is 2. The van der Waals surface area contributed by atoms with Gasteiger partial charge in [-0.3, -0.25) is 0 Å². The Morgan fingerprint density at radius 1 is 1.20 bits per heavy atom. The highest BCUT2D eigenvalue weighted by molar-refractivity contribution is 5.48. The average molecular weight is 277 g/mol. The SMILES string of the molecule is COc1cc(CC2CCCNC2)c(C(C)C)cc1OC. The van der Waals surface area contributed by atoms with Crippen molar-refractivity contribution in [2.45, 2.75) is 39.0 Å². The maximum Gasteiger partial charge on any atom is 0.161 e. The van der Waals surface area contributed by atoms with Gasteiger partial charge in [-0.1, -0.05) is 13.8 Å². The molecule has 1 aromatic carbocycles. The Hall–Kier alpha value is -1.22. The minimum Gasteiger partial charge on any atom is -0.493 e. The van der Waals surface area contributed by atoms with Gasteiger partial charge in [0.05, 0.1) is 14.2 Å². The standard InChI is InChI=1S/C17H27NO2/c1-12(2)15-10-17(20-4)16(19-3)9-14(15)8-13-6-5-7-18-11-13/h9-10,12-13,18H,5-8,11H2,1-4H3. The number of nitrogens with one attached hydrogen (secondary N) is 1. The van der Waals surface area contributed by atoms with Gasteiger partial charge in [0.15, 0.2) is 11.5 Å². The van der Waals surface area contributed by atoms with Crippen LogP contribution in [-0.2, 0) is 6.42 Å². The Morgan fingerprint density at radius 3 is 2.45 bits per heavy atom. The molecule has 0 spiro atoms. The molecule has 1 N–H and O–H groups in total. The van der Waals surface area contributed by atoms with Gasteiger partial charge in [0.2, 0.25) is 0 Å². The first-order valence-corrected chi connectivity index (χ1v) is 7.61. The molecule has 112 valence electrons. The van der Waals surface area contributed by atoms with Crippen molar-refractivity contribution in [2.24, 2.45) is 5.92 Å². The van der Waals surface area contributed by atoms with Crippen LogP contribution in [0, 0.1) is 5.92 Å². The van der Waals surface area contributed by atoms with Gasteiger partial charge < -0.3 is 14.8 Å². The largest absolute Gasteiger partial charge is 0.493 e. The molecule has 2 rings (SSSR count). The van der Waals surface area contributed by atoms with Crippen LogP contribution in [0.25, 0.3) is 0 Å². The minimum absolute atomic E-state index is 0.501. The third-order valence-electron chi connectivity index (χ3n) is 4.17. The second kappa shape index (κ2) is 6.98. The number of piperidine rings is 1. The van der Waals surface area contributed by atoms with Crippen molar-refractivity contribution >= 4 is 0 Å². The van der Waals surface area contributed by atoms with Gasteiger partial charge in [0, 0.05) is 0 Å². The molecule has 20 heavy (non-hydrogen) atoms. The number of benzene rings is 1. The summed E-state index contributed by atoms with van der Waals surface area (Å²) < 4.78 is 10.9. The summed E-state index contributed by atoms with van der Waals surface area (Å²) in [6.45, 7) is 6.78. The van der Waals surface area contributed by atoms with E-state index in [0.29, 0.717) is 5.92 Å². The van der Waals surface area contributed by atoms with Crippen LogP contribution >= 0.6 is 0 Å². The number of hydrogen-bond acceptors (Lipinski definition) is 3. The van der Waals surface area contributed by atoms with Crippen molar-refractivity contribution in [3.63, 3.8) is 0 Å². The van der Waals surface area contributed by atoms with E-state index in [1.807, 2.05) is 0 Å². The summed E-state index contributed by atoms with van der Waals surface area (Å²) in [5.74, 6) is 2.91. The molecule has 3 nitrogen and oxygen atoms in total. The number of hydrogen-bond donors (Lipinski definition) is 1. The van der Waals surface area contributed by atoms with E-state index in [4.69, 9.17) is 9.47 Å². The molecule has 0 radical (unpaired) electrons. The average Bonchev–Trinajstić information content (AvgIpc) is 2.47. The third kappa shape index (κ3) is 3.45. The molecule has 3 heteroatoms. The Balaban J connectivity index is 2.28. The summed E-state index contributed by atoms with van der Waals surface area (Å²) in [5, 5.41) is 3.50. The van der Waals surface area contributed by atoms with Crippen LogP contribution in [0.2, 0.25) is 0 Å². The summed E-state index contributed by atoms with van der Waals surface area (Å²) >= 11 is 0. The highest BCUT2D eigenvalue weighted by atomic mass is 16.5. The monoisotopic (exact) mass is 277 g/mol. The van der Waals surface area contributed by atoms with Gasteiger partial charge >= 0.3 is 0 Å². The fourth-order valence-corrected chi connectivity index (χ4v) is 3.06. The predicted octanol–water partition coefficient (Wildman–Crippen LogP) is 3.37. The molecular formula is C17H27NO2. The van der Waals surface area contributed by atoms with Crippen molar-refractivity contribution < 1.29 is 9.47 Å². The summed E-state index contributed by atoms with van der Waals surface area (Å²) in [6.07, 6.45) is 3.73. The van der Waals surface area contributed by atoms with Crippen molar-refractivity contribution in [2.75, 3.05) is 27.3 Å². The van der Waals surface area contributed by atoms with E-state index < -0.39 is 0 Å². The van der Waals surface area contributed by atoms with E-state index in [9.17, 15) is 0 Å². The second-order valence-electron chi connectivity index (χ2n) is 5.98. The number of rotatable bonds is 5. The first-order valence-electron chi connectivity index (χ1n) is 7.61. The maximum atomic E-state index is 5.46. The molecule has 1 saturated heterocycles. The normalized spacial score (nSPS) is 19.1. The zero-order chi connectivity index (χ0) is 14.5. The molecule has 1 atom stereocenters. The molecule has 1 aliphatic rings. The lowest BCUT2D eigenvalue weighted by Crippen LogP contribution is -2.31. The van der Waals surface area contributed by atoms with Gasteiger partial charge in [0.1, 0.15) is 0 Å². The molecular weight excluding hydrogens is 250 g/mol. The lowest BCUT2D eigenvalue weighted by molar-refractivity contribution is 0.351. The van der Waals surface area contributed by atoms with Crippen LogP contribution < -0.4 is 14.8 Å². The smallest absolute Gasteiger partial charge is 0.161 e. The zero-order valence-electron chi connectivity index (χ0n) is 13.2. The van der Waals surface area contributed by atoms with E-state index in [1.165, 1.54) is 30.5 Å². The van der Waals surface area contributed by atoms with E-state index in [0.717, 1.165) is 30.4 Å². The first kappa shape index (κ1) is 15.2. The fourth-order valence-electron chi connectivity index (χ4n) is 3.06. The van der Waals surface area contributed by atoms with Crippen LogP contribution in [0.1, 0.15) is 43.7 Å². The Labute approximate surface area is 122 Å². The van der Waals surface area contributed by atoms with Crippen LogP contribution in [0.5, 0.6) is 11.5 Å². The lowest BCUT2D eigenvalue weighted by Gasteiger charge is -2.25. The van der Waals surface area contributed by atoms with E-state index in [1.54, 1.807) is 14.2 Å². The van der Waals surface area contributed by atoms with E-state index in [2.05, 4.69) is 31.3 Å². The molecule has 0 saturated carbocycles. The quantitative estimate of drug-likeness (QED) is 0.895. The lowest BCUT2D eigenvalue weighted by atomic mass is 9.87. The predicted molar refractivity (Wildman–Crippen MR) is 82.9 cm³/mol. The van der Waals surface area contributed by atoms with Crippen molar-refractivity contribution in [1.82, 2.24) is 5.32 Å². The summed E-state index contributed by atoms with van der Waals surface area (Å²) in [5.41, 5.74) is 2.79. The van der Waals surface area contributed by atoms with Gasteiger partial charge in [-0.25, -0.2) is 0 Å². The Kier molecular flexibility index (Phi) is 5.30. The zero-order valence-corrected chi connectivity index (χ0v) is 13.2. The molecule has 1 aromatic rings. The summed E-state index contributed by atoms with van der Waals surface area (Å²) in [6, 6.07) is 4.32. The molecule has 1 heterocycles. The van der Waals surface area contributed by atoms with Gasteiger partial charge in [-0.2, -0.15) is 0 Å². The first-order chi connectivity index (χ1) is 9.65. The van der Waals surface area contributed by atoms with E-state index in [-0.39, 0.29) is 0 Å². The Bertz CT molecular complexity index is 437. The third-order valence-corrected chi connectivity index (χ3v) is 4.17. The van der Waals surface area contributed by atoms with Gasteiger partial charge in [-0.05, 0) is 67.4 Å². The maximum absolute atomic E-state index is 5.46. The van der Waals surface area contributed by atoms with Crippen LogP contribution in [0.3, 0.4) is 0 Å². The molecule has 1 fully saturated rings. The molecule has 0 aliphatic carbocycles. The highest BCUT2D eigenvalue weighted by Gasteiger charge is 2.19. The molecule has 1 aliphatic heterocycles. The topological polar surface area (TPSA) is 30.5 Å². The Morgan fingerprint density at radius 2 is 1.90 bits per heavy atom. The molecule has 1 unspecified atom stereocenters. The second-order valence-corrected chi connectivity index (χ2v) is 5.98. The molecule has 0 aromatic heterocycles. The summed E-state index contributed by atoms with van der Waals surface area (Å²) in [7, 11) is 3.41. The number of methoxy groups -OCH3 is 2. The minimum atomic E-state index is 0.501. The van der Waals surface area contributed by atoms with Gasteiger partial charge in [-0.15, -0.1) is 0 Å². The van der Waals surface area contributed by atoms with Crippen molar-refractivity contribution in [3.05, 3.63) is 23.3 Å². The van der Waals surface area contributed by atoms with Crippen LogP contribution in [0.4, 0.5) is 0 Å². The van der Waals surface area contributed by atoms with Crippen LogP contribution in [0.15, 0.2) is 12.1 Å². The molecule has 0 bridgehead atoms.